The van der Waals surface area contributed by atoms with E-state index in [4.69, 9.17) is 9.47 Å². The maximum atomic E-state index is 13.2. The molecule has 0 aliphatic carbocycles. The average molecular weight is 613 g/mol. The van der Waals surface area contributed by atoms with Gasteiger partial charge in [-0.3, -0.25) is 4.98 Å². The van der Waals surface area contributed by atoms with Gasteiger partial charge >= 0.3 is 0 Å². The lowest BCUT2D eigenvalue weighted by Crippen LogP contribution is -2.39. The molecule has 0 saturated carbocycles. The summed E-state index contributed by atoms with van der Waals surface area (Å²) >= 11 is 0. The Balaban J connectivity index is 1.24. The van der Waals surface area contributed by atoms with Crippen LogP contribution in [-0.4, -0.2) is 9.88 Å². The summed E-state index contributed by atoms with van der Waals surface area (Å²) in [5.74, 6) is 2.59. The van der Waals surface area contributed by atoms with Crippen molar-refractivity contribution in [3.63, 3.8) is 0 Å². The molecule has 2 aliphatic heterocycles. The van der Waals surface area contributed by atoms with Crippen molar-refractivity contribution < 1.29 is 14.4 Å². The summed E-state index contributed by atoms with van der Waals surface area (Å²) in [7, 11) is -3.15. The minimum absolute atomic E-state index is 0.622. The second-order valence-corrected chi connectivity index (χ2v) is 14.2. The van der Waals surface area contributed by atoms with Crippen LogP contribution in [0.3, 0.4) is 0 Å². The van der Waals surface area contributed by atoms with Crippen LogP contribution in [0.5, 0.6) is 23.0 Å². The number of rotatable bonds is 4. The third-order valence-electron chi connectivity index (χ3n) is 8.87. The van der Waals surface area contributed by atoms with Crippen LogP contribution in [0.25, 0.3) is 44.5 Å². The van der Waals surface area contributed by atoms with Crippen molar-refractivity contribution in [1.82, 2.24) is 4.98 Å². The van der Waals surface area contributed by atoms with E-state index < -0.39 is 7.49 Å². The van der Waals surface area contributed by atoms with E-state index in [-0.39, 0.29) is 0 Å². The molecular weight excluding hydrogens is 585 g/mol. The number of nitrogens with zero attached hydrogens (tertiary/aromatic N) is 1. The molecule has 4 nitrogen and oxygen atoms in total. The molecule has 0 bridgehead atoms. The zero-order valence-corrected chi connectivity index (χ0v) is 25.6. The SMILES string of the molecule is O[P+]12c3ccc(-c4ccccc4)cc3Oc3ccc(-c4ccc(-c5cccnc5)cc4)c(c31)Oc1cc(-c3ccccc3)ccc12. The summed E-state index contributed by atoms with van der Waals surface area (Å²) in [4.78, 5) is 17.5. The first-order valence-electron chi connectivity index (χ1n) is 15.2. The first kappa shape index (κ1) is 26.8. The summed E-state index contributed by atoms with van der Waals surface area (Å²) in [6.07, 6.45) is 3.64. The van der Waals surface area contributed by atoms with Gasteiger partial charge in [0.05, 0.1) is 0 Å². The fraction of sp³-hybridized carbons (Fsp3) is 0. The Bertz CT molecular complexity index is 2240. The lowest BCUT2D eigenvalue weighted by Gasteiger charge is -2.34. The van der Waals surface area contributed by atoms with Gasteiger partial charge in [0.1, 0.15) is 0 Å². The number of pyridine rings is 1. The number of fused-ring (bicyclic) bond motifs is 4. The van der Waals surface area contributed by atoms with Crippen molar-refractivity contribution in [2.75, 3.05) is 0 Å². The predicted octanol–water partition coefficient (Wildman–Crippen LogP) is 9.16. The standard InChI is InChI=1S/C41H27NO3P/c43-46-38-21-17-31(27-8-3-1-4-9-27)24-36(38)44-35-20-19-34(30-15-13-29(14-16-30)33-12-7-23-42-26-33)40(41(35)46)45-37-25-32(18-22-39(37)46)28-10-5-2-6-11-28/h1-26,43H/q+1. The molecule has 7 aromatic rings. The Kier molecular flexibility index (Phi) is 6.14. The lowest BCUT2D eigenvalue weighted by atomic mass is 10.00. The molecule has 0 fully saturated rings. The summed E-state index contributed by atoms with van der Waals surface area (Å²) in [5.41, 5.74) is 8.27. The highest BCUT2D eigenvalue weighted by Gasteiger charge is 2.59. The molecular formula is C41H27NO3P+. The Labute approximate surface area is 267 Å². The molecule has 1 aromatic heterocycles. The normalized spacial score (nSPS) is 15.5. The first-order chi connectivity index (χ1) is 22.7. The van der Waals surface area contributed by atoms with Gasteiger partial charge in [-0.1, -0.05) is 103 Å². The minimum atomic E-state index is -3.15. The predicted molar refractivity (Wildman–Crippen MR) is 187 cm³/mol. The van der Waals surface area contributed by atoms with Crippen molar-refractivity contribution in [2.45, 2.75) is 0 Å². The summed E-state index contributed by atoms with van der Waals surface area (Å²) < 4.78 is 13.4. The zero-order chi connectivity index (χ0) is 30.7. The minimum Gasteiger partial charge on any atom is -0.449 e. The highest BCUT2D eigenvalue weighted by atomic mass is 31.2. The van der Waals surface area contributed by atoms with Crippen LogP contribution in [0.1, 0.15) is 0 Å². The fourth-order valence-corrected chi connectivity index (χ4v) is 9.67. The second-order valence-electron chi connectivity index (χ2n) is 11.5. The van der Waals surface area contributed by atoms with Crippen molar-refractivity contribution in [3.8, 4) is 67.5 Å². The number of hydrogen-bond donors (Lipinski definition) is 1. The molecule has 6 aromatic carbocycles. The molecule has 0 saturated heterocycles. The lowest BCUT2D eigenvalue weighted by molar-refractivity contribution is 0.460. The van der Waals surface area contributed by atoms with E-state index in [2.05, 4.69) is 77.8 Å². The van der Waals surface area contributed by atoms with E-state index in [0.29, 0.717) is 23.0 Å². The van der Waals surface area contributed by atoms with Gasteiger partial charge in [0.25, 0.3) is 7.49 Å². The average Bonchev–Trinajstić information content (AvgIpc) is 3.12. The van der Waals surface area contributed by atoms with E-state index in [1.54, 1.807) is 6.20 Å². The maximum absolute atomic E-state index is 13.2. The van der Waals surface area contributed by atoms with E-state index in [0.717, 1.165) is 60.4 Å². The topological polar surface area (TPSA) is 51.6 Å². The van der Waals surface area contributed by atoms with Gasteiger partial charge in [-0.2, -0.15) is 0 Å². The molecule has 0 radical (unpaired) electrons. The second kappa shape index (κ2) is 10.5. The van der Waals surface area contributed by atoms with Crippen molar-refractivity contribution >= 4 is 23.4 Å². The Morgan fingerprint density at radius 2 is 1.00 bits per heavy atom. The Hall–Kier alpha value is -5.54. The van der Waals surface area contributed by atoms with Crippen LogP contribution in [0.4, 0.5) is 0 Å². The quantitative estimate of drug-likeness (QED) is 0.202. The van der Waals surface area contributed by atoms with E-state index in [9.17, 15) is 4.89 Å². The van der Waals surface area contributed by atoms with Gasteiger partial charge in [0.15, 0.2) is 33.6 Å². The van der Waals surface area contributed by atoms with Crippen LogP contribution in [0.2, 0.25) is 0 Å². The molecule has 3 heterocycles. The number of benzene rings is 6. The third-order valence-corrected chi connectivity index (χ3v) is 12.1. The molecule has 9 rings (SSSR count). The van der Waals surface area contributed by atoms with Crippen LogP contribution in [-0.2, 0) is 0 Å². The molecule has 0 spiro atoms. The smallest absolute Gasteiger partial charge is 0.253 e. The van der Waals surface area contributed by atoms with Gasteiger partial charge in [0, 0.05) is 18.0 Å². The molecule has 218 valence electrons. The molecule has 0 amide bonds. The highest BCUT2D eigenvalue weighted by molar-refractivity contribution is 7.91. The van der Waals surface area contributed by atoms with Crippen LogP contribution in [0.15, 0.2) is 158 Å². The zero-order valence-electron chi connectivity index (χ0n) is 24.7. The van der Waals surface area contributed by atoms with Crippen molar-refractivity contribution in [1.29, 1.82) is 0 Å². The van der Waals surface area contributed by atoms with Crippen LogP contribution in [0, 0.1) is 0 Å². The molecule has 46 heavy (non-hydrogen) atoms. The van der Waals surface area contributed by atoms with E-state index in [1.807, 2.05) is 79.0 Å². The van der Waals surface area contributed by atoms with Gasteiger partial charge in [0.2, 0.25) is 5.30 Å². The number of aromatic nitrogens is 1. The molecule has 5 heteroatoms. The van der Waals surface area contributed by atoms with Crippen molar-refractivity contribution in [2.24, 2.45) is 0 Å². The third kappa shape index (κ3) is 4.19. The maximum Gasteiger partial charge on any atom is 0.253 e. The number of ether oxygens (including phenoxy) is 2. The largest absolute Gasteiger partial charge is 0.449 e. The summed E-state index contributed by atoms with van der Waals surface area (Å²) in [6, 6.07) is 49.2. The van der Waals surface area contributed by atoms with Gasteiger partial charge in [-0.15, -0.1) is 0 Å². The van der Waals surface area contributed by atoms with Gasteiger partial charge < -0.3 is 9.47 Å². The Morgan fingerprint density at radius 3 is 1.61 bits per heavy atom. The molecule has 1 atom stereocenters. The van der Waals surface area contributed by atoms with Gasteiger partial charge in [-0.05, 0) is 81.4 Å². The van der Waals surface area contributed by atoms with Gasteiger partial charge in [-0.25, -0.2) is 4.89 Å². The summed E-state index contributed by atoms with van der Waals surface area (Å²) in [5, 5.41) is 2.31. The van der Waals surface area contributed by atoms with Crippen LogP contribution < -0.4 is 25.4 Å². The number of hydrogen-bond acceptors (Lipinski definition) is 4. The summed E-state index contributed by atoms with van der Waals surface area (Å²) in [6.45, 7) is 0. The Morgan fingerprint density at radius 1 is 0.457 bits per heavy atom. The van der Waals surface area contributed by atoms with E-state index in [1.165, 1.54) is 0 Å². The first-order valence-corrected chi connectivity index (χ1v) is 17.0. The monoisotopic (exact) mass is 612 g/mol. The van der Waals surface area contributed by atoms with Crippen LogP contribution >= 0.6 is 7.49 Å². The van der Waals surface area contributed by atoms with Crippen molar-refractivity contribution in [3.05, 3.63) is 158 Å². The molecule has 1 unspecified atom stereocenters. The van der Waals surface area contributed by atoms with E-state index >= 15 is 0 Å². The fourth-order valence-electron chi connectivity index (χ4n) is 6.59. The molecule has 1 N–H and O–H groups in total. The highest BCUT2D eigenvalue weighted by Crippen LogP contribution is 2.65. The molecule has 2 aliphatic rings.